The highest BCUT2D eigenvalue weighted by Crippen LogP contribution is 2.27. The maximum atomic E-state index is 12.3. The van der Waals surface area contributed by atoms with Crippen LogP contribution in [0.5, 0.6) is 0 Å². The van der Waals surface area contributed by atoms with Crippen molar-refractivity contribution in [2.45, 2.75) is 23.1 Å². The number of likely N-dealkylation sites (N-methyl/N-ethyl adjacent to an activating group) is 1. The van der Waals surface area contributed by atoms with Crippen molar-refractivity contribution in [3.8, 4) is 0 Å². The normalized spacial score (nSPS) is 21.4. The quantitative estimate of drug-likeness (QED) is 0.917. The Bertz CT molecular complexity index is 433. The van der Waals surface area contributed by atoms with Crippen LogP contribution in [0.2, 0.25) is 0 Å². The minimum atomic E-state index is -3.25. The fourth-order valence-electron chi connectivity index (χ4n) is 2.09. The second-order valence-corrected chi connectivity index (χ2v) is 6.97. The second kappa shape index (κ2) is 6.15. The lowest BCUT2D eigenvalue weighted by molar-refractivity contribution is 0.380. The predicted octanol–water partition coefficient (Wildman–Crippen LogP) is 1.54. The highest BCUT2D eigenvalue weighted by Gasteiger charge is 2.35. The van der Waals surface area contributed by atoms with Crippen molar-refractivity contribution in [1.29, 1.82) is 0 Å². The van der Waals surface area contributed by atoms with Gasteiger partial charge in [0.25, 0.3) is 10.0 Å². The number of nitrogens with one attached hydrogen (secondary N) is 1. The van der Waals surface area contributed by atoms with Crippen molar-refractivity contribution in [3.05, 3.63) is 17.5 Å². The largest absolute Gasteiger partial charge is 0.318 e. The van der Waals surface area contributed by atoms with Crippen molar-refractivity contribution in [2.75, 3.05) is 20.1 Å². The Morgan fingerprint density at radius 1 is 1.59 bits per heavy atom. The van der Waals surface area contributed by atoms with E-state index in [0.29, 0.717) is 10.8 Å². The number of halogens is 1. The van der Waals surface area contributed by atoms with Crippen LogP contribution in [0.3, 0.4) is 0 Å². The molecule has 17 heavy (non-hydrogen) atoms. The van der Waals surface area contributed by atoms with Crippen LogP contribution in [-0.4, -0.2) is 38.9 Å². The van der Waals surface area contributed by atoms with Crippen LogP contribution < -0.4 is 5.32 Å². The predicted molar refractivity (Wildman–Crippen MR) is 72.4 cm³/mol. The van der Waals surface area contributed by atoms with Gasteiger partial charge in [0.2, 0.25) is 0 Å². The molecule has 98 valence electrons. The smallest absolute Gasteiger partial charge is 0.252 e. The molecule has 1 aromatic heterocycles. The van der Waals surface area contributed by atoms with E-state index in [-0.39, 0.29) is 18.4 Å². The molecule has 0 aromatic carbocycles. The summed E-state index contributed by atoms with van der Waals surface area (Å²) in [5, 5.41) is 4.86. The molecule has 0 amide bonds. The summed E-state index contributed by atoms with van der Waals surface area (Å²) in [5.74, 6) is 0. The molecule has 0 saturated carbocycles. The van der Waals surface area contributed by atoms with Crippen LogP contribution in [0, 0.1) is 0 Å². The van der Waals surface area contributed by atoms with E-state index in [1.165, 1.54) is 11.3 Å². The van der Waals surface area contributed by atoms with Crippen LogP contribution in [-0.2, 0) is 10.0 Å². The maximum Gasteiger partial charge on any atom is 0.252 e. The topological polar surface area (TPSA) is 49.4 Å². The molecule has 0 aliphatic carbocycles. The Balaban J connectivity index is 0.00000144. The van der Waals surface area contributed by atoms with Gasteiger partial charge in [0.05, 0.1) is 0 Å². The molecule has 1 N–H and O–H groups in total. The minimum absolute atomic E-state index is 0. The van der Waals surface area contributed by atoms with Crippen LogP contribution in [0.1, 0.15) is 12.8 Å². The van der Waals surface area contributed by atoms with E-state index < -0.39 is 10.0 Å². The number of thiophene rings is 1. The lowest BCUT2D eigenvalue weighted by atomic mass is 10.2. The van der Waals surface area contributed by atoms with Gasteiger partial charge >= 0.3 is 0 Å². The van der Waals surface area contributed by atoms with E-state index in [1.54, 1.807) is 21.8 Å². The van der Waals surface area contributed by atoms with Gasteiger partial charge in [-0.15, -0.1) is 23.7 Å². The Morgan fingerprint density at radius 3 is 2.94 bits per heavy atom. The summed E-state index contributed by atoms with van der Waals surface area (Å²) in [7, 11) is -1.40. The first-order valence-electron chi connectivity index (χ1n) is 5.36. The summed E-state index contributed by atoms with van der Waals surface area (Å²) in [6.45, 7) is 1.37. The van der Waals surface area contributed by atoms with Crippen molar-refractivity contribution in [2.24, 2.45) is 0 Å². The number of rotatable bonds is 4. The summed E-state index contributed by atoms with van der Waals surface area (Å²) in [5.41, 5.74) is 0. The van der Waals surface area contributed by atoms with Crippen molar-refractivity contribution < 1.29 is 8.42 Å². The summed E-state index contributed by atoms with van der Waals surface area (Å²) >= 11 is 1.29. The Morgan fingerprint density at radius 2 is 2.35 bits per heavy atom. The second-order valence-electron chi connectivity index (χ2n) is 3.90. The molecule has 1 atom stereocenters. The van der Waals surface area contributed by atoms with Gasteiger partial charge < -0.3 is 5.32 Å². The van der Waals surface area contributed by atoms with Gasteiger partial charge in [-0.3, -0.25) is 0 Å². The highest BCUT2D eigenvalue weighted by molar-refractivity contribution is 7.91. The SMILES string of the molecule is CNCC1CCCN1S(=O)(=O)c1cccs1.Cl. The molecule has 1 aromatic rings. The number of nitrogens with zero attached hydrogens (tertiary/aromatic N) is 1. The first-order chi connectivity index (χ1) is 7.66. The van der Waals surface area contributed by atoms with Gasteiger partial charge in [-0.1, -0.05) is 6.07 Å². The molecule has 1 saturated heterocycles. The Labute approximate surface area is 112 Å². The first kappa shape index (κ1) is 14.9. The Hall–Kier alpha value is -0.140. The lowest BCUT2D eigenvalue weighted by Gasteiger charge is -2.22. The van der Waals surface area contributed by atoms with Gasteiger partial charge in [0, 0.05) is 19.1 Å². The number of hydrogen-bond acceptors (Lipinski definition) is 4. The third-order valence-corrected chi connectivity index (χ3v) is 6.15. The molecular weight excluding hydrogens is 280 g/mol. The molecule has 0 spiro atoms. The molecule has 1 aliphatic rings. The molecule has 1 aliphatic heterocycles. The third-order valence-electron chi connectivity index (χ3n) is 2.82. The van der Waals surface area contributed by atoms with Gasteiger partial charge in [-0.2, -0.15) is 4.31 Å². The summed E-state index contributed by atoms with van der Waals surface area (Å²) in [6.07, 6.45) is 1.91. The molecule has 1 fully saturated rings. The summed E-state index contributed by atoms with van der Waals surface area (Å²) < 4.78 is 26.7. The summed E-state index contributed by atoms with van der Waals surface area (Å²) in [6, 6.07) is 3.56. The van der Waals surface area contributed by atoms with E-state index in [1.807, 2.05) is 7.05 Å². The highest BCUT2D eigenvalue weighted by atomic mass is 35.5. The fraction of sp³-hybridized carbons (Fsp3) is 0.600. The molecule has 1 unspecified atom stereocenters. The van der Waals surface area contributed by atoms with Gasteiger partial charge in [0.15, 0.2) is 0 Å². The standard InChI is InChI=1S/C10H16N2O2S2.ClH/c1-11-8-9-4-2-6-12(9)16(13,14)10-5-3-7-15-10;/h3,5,7,9,11H,2,4,6,8H2,1H3;1H. The average molecular weight is 297 g/mol. The third kappa shape index (κ3) is 3.00. The van der Waals surface area contributed by atoms with E-state index in [9.17, 15) is 8.42 Å². The molecule has 4 nitrogen and oxygen atoms in total. The first-order valence-corrected chi connectivity index (χ1v) is 7.68. The van der Waals surface area contributed by atoms with Crippen LogP contribution in [0.15, 0.2) is 21.7 Å². The van der Waals surface area contributed by atoms with Gasteiger partial charge in [0.1, 0.15) is 4.21 Å². The number of sulfonamides is 1. The van der Waals surface area contributed by atoms with Crippen LogP contribution >= 0.6 is 23.7 Å². The molecule has 7 heteroatoms. The minimum Gasteiger partial charge on any atom is -0.318 e. The van der Waals surface area contributed by atoms with Crippen LogP contribution in [0.25, 0.3) is 0 Å². The monoisotopic (exact) mass is 296 g/mol. The molecular formula is C10H17ClN2O2S2. The lowest BCUT2D eigenvalue weighted by Crippen LogP contribution is -2.40. The zero-order valence-corrected chi connectivity index (χ0v) is 12.1. The van der Waals surface area contributed by atoms with Crippen molar-refractivity contribution >= 4 is 33.8 Å². The number of hydrogen-bond donors (Lipinski definition) is 1. The van der Waals surface area contributed by atoms with Crippen molar-refractivity contribution in [1.82, 2.24) is 9.62 Å². The fourth-order valence-corrected chi connectivity index (χ4v) is 4.90. The van der Waals surface area contributed by atoms with E-state index in [4.69, 9.17) is 0 Å². The van der Waals surface area contributed by atoms with E-state index in [2.05, 4.69) is 5.32 Å². The molecule has 2 heterocycles. The zero-order chi connectivity index (χ0) is 11.6. The molecule has 0 radical (unpaired) electrons. The molecule has 0 bridgehead atoms. The maximum absolute atomic E-state index is 12.3. The van der Waals surface area contributed by atoms with E-state index in [0.717, 1.165) is 19.4 Å². The molecule has 2 rings (SSSR count). The van der Waals surface area contributed by atoms with Gasteiger partial charge in [-0.05, 0) is 31.3 Å². The Kier molecular flexibility index (Phi) is 5.40. The van der Waals surface area contributed by atoms with Gasteiger partial charge in [-0.25, -0.2) is 8.42 Å². The van der Waals surface area contributed by atoms with Crippen LogP contribution in [0.4, 0.5) is 0 Å². The zero-order valence-electron chi connectivity index (χ0n) is 9.63. The summed E-state index contributed by atoms with van der Waals surface area (Å²) in [4.78, 5) is 0. The average Bonchev–Trinajstić information content (AvgIpc) is 2.88. The van der Waals surface area contributed by atoms with E-state index >= 15 is 0 Å². The van der Waals surface area contributed by atoms with Crippen molar-refractivity contribution in [3.63, 3.8) is 0 Å².